The highest BCUT2D eigenvalue weighted by molar-refractivity contribution is 5.84. The van der Waals surface area contributed by atoms with Crippen LogP contribution < -0.4 is 0 Å². The molecule has 2 aliphatic heterocycles. The fourth-order valence-electron chi connectivity index (χ4n) is 17.4. The lowest BCUT2D eigenvalue weighted by Crippen LogP contribution is -2.67. The van der Waals surface area contributed by atoms with Crippen LogP contribution in [0.3, 0.4) is 0 Å². The van der Waals surface area contributed by atoms with Crippen LogP contribution >= 0.6 is 0 Å². The van der Waals surface area contributed by atoms with Crippen molar-refractivity contribution in [1.82, 2.24) is 14.4 Å². The van der Waals surface area contributed by atoms with Crippen molar-refractivity contribution in [3.63, 3.8) is 0 Å². The van der Waals surface area contributed by atoms with Crippen LogP contribution in [-0.4, -0.2) is 69.1 Å². The zero-order valence-corrected chi connectivity index (χ0v) is 38.7. The van der Waals surface area contributed by atoms with Gasteiger partial charge in [0.1, 0.15) is 6.10 Å². The molecule has 8 heteroatoms. The van der Waals surface area contributed by atoms with Gasteiger partial charge < -0.3 is 19.3 Å². The molecule has 0 radical (unpaired) electrons. The Balaban J connectivity index is 0.945. The van der Waals surface area contributed by atoms with Gasteiger partial charge in [-0.05, 0) is 180 Å². The smallest absolute Gasteiger partial charge is 0.309 e. The number of aliphatic carboxylic acids is 1. The fraction of sp³-hybridized carbons (Fsp3) is 0.827. The highest BCUT2D eigenvalue weighted by atomic mass is 16.5. The number of likely N-dealkylation sites (tertiary alicyclic amines) is 2. The maximum atomic E-state index is 15.6. The van der Waals surface area contributed by atoms with Crippen LogP contribution in [0.4, 0.5) is 0 Å². The first-order chi connectivity index (χ1) is 28.3. The lowest BCUT2D eigenvalue weighted by atomic mass is 9.32. The van der Waals surface area contributed by atoms with E-state index in [2.05, 4.69) is 80.8 Å². The fourth-order valence-corrected chi connectivity index (χ4v) is 17.4. The SMILES string of the molecule is C=C(C)[C@@H]1CC[C@]2(C(=O)N3CCC[C@H]3Cn3cccc3CN3CCCC3)CC[C@]3(C)[C@H](CC[C@@H]4[C@@]5(C)CC[C@H](OC(=O)[C@H]6C[C@@H](C(=O)O)C6(C)C)C(C)(C)[C@@H]5CC[C@]43C)[C@@H]12. The minimum Gasteiger partial charge on any atom is -0.481 e. The van der Waals surface area contributed by atoms with Gasteiger partial charge in [0, 0.05) is 43.0 Å². The van der Waals surface area contributed by atoms with E-state index in [0.717, 1.165) is 77.4 Å². The minimum absolute atomic E-state index is 0.139. The summed E-state index contributed by atoms with van der Waals surface area (Å²) in [6.07, 6.45) is 18.2. The summed E-state index contributed by atoms with van der Waals surface area (Å²) < 4.78 is 8.95. The van der Waals surface area contributed by atoms with Crippen molar-refractivity contribution in [2.45, 2.75) is 177 Å². The molecule has 0 bridgehead atoms. The van der Waals surface area contributed by atoms with Crippen LogP contribution in [0.5, 0.6) is 0 Å². The summed E-state index contributed by atoms with van der Waals surface area (Å²) in [7, 11) is 0. The zero-order chi connectivity index (χ0) is 42.8. The number of carboxylic acids is 1. The molecule has 60 heavy (non-hydrogen) atoms. The quantitative estimate of drug-likeness (QED) is 0.197. The molecule has 13 atom stereocenters. The van der Waals surface area contributed by atoms with Gasteiger partial charge in [0.2, 0.25) is 5.91 Å². The van der Waals surface area contributed by atoms with Gasteiger partial charge in [0.15, 0.2) is 0 Å². The van der Waals surface area contributed by atoms with Gasteiger partial charge >= 0.3 is 11.9 Å². The summed E-state index contributed by atoms with van der Waals surface area (Å²) in [5.41, 5.74) is 2.07. The second-order valence-electron chi connectivity index (χ2n) is 24.1. The number of fused-ring (bicyclic) bond motifs is 7. The Morgan fingerprint density at radius 1 is 0.800 bits per heavy atom. The first-order valence-electron chi connectivity index (χ1n) is 24.6. The van der Waals surface area contributed by atoms with Crippen molar-refractivity contribution in [3.05, 3.63) is 36.2 Å². The maximum absolute atomic E-state index is 15.6. The number of rotatable bonds is 9. The van der Waals surface area contributed by atoms with Crippen LogP contribution in [0, 0.1) is 73.9 Å². The van der Waals surface area contributed by atoms with Gasteiger partial charge in [-0.3, -0.25) is 19.3 Å². The number of amides is 1. The molecule has 3 heterocycles. The number of allylic oxidation sites excluding steroid dienone is 1. The van der Waals surface area contributed by atoms with Gasteiger partial charge in [-0.2, -0.15) is 0 Å². The number of hydrogen-bond donors (Lipinski definition) is 1. The van der Waals surface area contributed by atoms with Gasteiger partial charge in [0.25, 0.3) is 0 Å². The Kier molecular flexibility index (Phi) is 10.5. The monoisotopic (exact) mass is 826 g/mol. The van der Waals surface area contributed by atoms with E-state index in [0.29, 0.717) is 41.9 Å². The molecule has 8 nitrogen and oxygen atoms in total. The minimum atomic E-state index is -0.810. The third-order valence-corrected chi connectivity index (χ3v) is 21.1. The first-order valence-corrected chi connectivity index (χ1v) is 24.6. The normalized spacial score (nSPS) is 44.2. The van der Waals surface area contributed by atoms with Crippen molar-refractivity contribution < 1.29 is 24.2 Å². The Morgan fingerprint density at radius 2 is 1.55 bits per heavy atom. The lowest BCUT2D eigenvalue weighted by Gasteiger charge is -2.73. The van der Waals surface area contributed by atoms with Crippen molar-refractivity contribution in [1.29, 1.82) is 0 Å². The second kappa shape index (κ2) is 14.7. The summed E-state index contributed by atoms with van der Waals surface area (Å²) in [5.74, 6) is 0.912. The summed E-state index contributed by atoms with van der Waals surface area (Å²) in [6, 6.07) is 4.77. The van der Waals surface area contributed by atoms with E-state index >= 15 is 4.79 Å². The van der Waals surface area contributed by atoms with Crippen LogP contribution in [0.15, 0.2) is 30.5 Å². The lowest BCUT2D eigenvalue weighted by molar-refractivity contribution is -0.251. The van der Waals surface area contributed by atoms with E-state index in [1.54, 1.807) is 0 Å². The Hall–Kier alpha value is -2.61. The molecular weight excluding hydrogens is 747 g/mol. The molecule has 9 rings (SSSR count). The maximum Gasteiger partial charge on any atom is 0.309 e. The summed E-state index contributed by atoms with van der Waals surface area (Å²) in [5, 5.41) is 9.72. The van der Waals surface area contributed by atoms with Crippen molar-refractivity contribution >= 4 is 17.8 Å². The van der Waals surface area contributed by atoms with Crippen molar-refractivity contribution in [2.24, 2.45) is 73.9 Å². The van der Waals surface area contributed by atoms with E-state index in [-0.39, 0.29) is 51.1 Å². The van der Waals surface area contributed by atoms with E-state index < -0.39 is 17.3 Å². The molecule has 8 aliphatic rings. The number of carbonyl (C=O) groups is 3. The topological polar surface area (TPSA) is 92.1 Å². The number of aromatic nitrogens is 1. The van der Waals surface area contributed by atoms with E-state index in [1.165, 1.54) is 56.5 Å². The molecular formula is C52H79N3O5. The molecule has 332 valence electrons. The zero-order valence-electron chi connectivity index (χ0n) is 38.7. The second-order valence-corrected chi connectivity index (χ2v) is 24.1. The average Bonchev–Trinajstić information content (AvgIpc) is 4.01. The van der Waals surface area contributed by atoms with Crippen molar-refractivity contribution in [2.75, 3.05) is 19.6 Å². The molecule has 0 aromatic carbocycles. The Labute approximate surface area is 362 Å². The summed E-state index contributed by atoms with van der Waals surface area (Å²) in [6.45, 7) is 28.6. The number of nitrogens with zero attached hydrogens (tertiary/aromatic N) is 3. The standard InChI is InChI=1S/C52H79N3O5/c1-33(2)36-18-23-52(46(59)55-29-13-15-35(55)32-54-28-12-14-34(54)31-53-26-10-11-27-53)25-24-50(8)37(43(36)52)16-17-41-49(7)21-20-42(48(5,6)40(49)19-22-51(41,50)9)60-45(58)39-30-38(44(56)57)47(39,3)4/h12,14,28,35-43H,1,10-11,13,15-27,29-32H2,2-9H3,(H,56,57)/t35-,36-,37+,38-,39+,40-,41+,42-,43+,49-,50+,51+,52-/m0/s1. The Morgan fingerprint density at radius 3 is 2.25 bits per heavy atom. The van der Waals surface area contributed by atoms with Crippen LogP contribution in [-0.2, 0) is 32.2 Å². The number of carbonyl (C=O) groups excluding carboxylic acids is 2. The molecule has 6 aliphatic carbocycles. The first kappa shape index (κ1) is 42.7. The molecule has 0 unspecified atom stereocenters. The van der Waals surface area contributed by atoms with E-state index in [4.69, 9.17) is 4.74 Å². The molecule has 6 saturated carbocycles. The van der Waals surface area contributed by atoms with Gasteiger partial charge in [-0.1, -0.05) is 60.6 Å². The highest BCUT2D eigenvalue weighted by Gasteiger charge is 2.72. The van der Waals surface area contributed by atoms with E-state index in [9.17, 15) is 14.7 Å². The number of hydrogen-bond acceptors (Lipinski definition) is 5. The molecule has 1 aromatic heterocycles. The van der Waals surface area contributed by atoms with Gasteiger partial charge in [-0.15, -0.1) is 0 Å². The predicted octanol–water partition coefficient (Wildman–Crippen LogP) is 10.4. The molecule has 2 saturated heterocycles. The van der Waals surface area contributed by atoms with Crippen LogP contribution in [0.25, 0.3) is 0 Å². The summed E-state index contributed by atoms with van der Waals surface area (Å²) >= 11 is 0. The predicted molar refractivity (Wildman–Crippen MR) is 236 cm³/mol. The number of ether oxygens (including phenoxy) is 1. The van der Waals surface area contributed by atoms with Crippen LogP contribution in [0.2, 0.25) is 0 Å². The van der Waals surface area contributed by atoms with Crippen molar-refractivity contribution in [3.8, 4) is 0 Å². The van der Waals surface area contributed by atoms with Gasteiger partial charge in [-0.25, -0.2) is 0 Å². The molecule has 8 fully saturated rings. The number of esters is 1. The molecule has 1 N–H and O–H groups in total. The highest BCUT2D eigenvalue weighted by Crippen LogP contribution is 2.78. The molecule has 1 aromatic rings. The van der Waals surface area contributed by atoms with Crippen LogP contribution in [0.1, 0.15) is 157 Å². The third-order valence-electron chi connectivity index (χ3n) is 21.1. The third kappa shape index (κ3) is 6.14. The average molecular weight is 826 g/mol. The largest absolute Gasteiger partial charge is 0.481 e. The number of carboxylic acid groups (broad SMARTS) is 1. The molecule has 1 amide bonds. The summed E-state index contributed by atoms with van der Waals surface area (Å²) in [4.78, 5) is 46.1. The Bertz CT molecular complexity index is 1880. The van der Waals surface area contributed by atoms with E-state index in [1.807, 2.05) is 13.8 Å². The molecule has 0 spiro atoms. The van der Waals surface area contributed by atoms with Gasteiger partial charge in [0.05, 0.1) is 17.3 Å².